The predicted molar refractivity (Wildman–Crippen MR) is 115 cm³/mol. The molecule has 0 aromatic rings. The molecule has 0 saturated heterocycles. The van der Waals surface area contributed by atoms with Gasteiger partial charge >= 0.3 is 5.97 Å². The van der Waals surface area contributed by atoms with Crippen molar-refractivity contribution in [3.05, 3.63) is 12.2 Å². The van der Waals surface area contributed by atoms with E-state index < -0.39 is 18.3 Å². The Bertz CT molecular complexity index is 405. The summed E-state index contributed by atoms with van der Waals surface area (Å²) in [6, 6.07) is 0. The lowest BCUT2D eigenvalue weighted by Gasteiger charge is -2.21. The van der Waals surface area contributed by atoms with Gasteiger partial charge in [-0.05, 0) is 26.2 Å². The summed E-state index contributed by atoms with van der Waals surface area (Å²) in [6.07, 6.45) is 20.8. The number of cyclic esters (lactones) is 1. The van der Waals surface area contributed by atoms with Crippen LogP contribution in [0.25, 0.3) is 0 Å². The van der Waals surface area contributed by atoms with Crippen LogP contribution in [0.3, 0.4) is 0 Å². The van der Waals surface area contributed by atoms with Gasteiger partial charge in [-0.3, -0.25) is 0 Å². The second-order valence-electron chi connectivity index (χ2n) is 8.61. The first-order valence-corrected chi connectivity index (χ1v) is 11.8. The highest BCUT2D eigenvalue weighted by atomic mass is 16.5. The lowest BCUT2D eigenvalue weighted by atomic mass is 10.00. The molecule has 4 nitrogen and oxygen atoms in total. The monoisotopic (exact) mass is 396 g/mol. The van der Waals surface area contributed by atoms with Crippen molar-refractivity contribution in [3.63, 3.8) is 0 Å². The molecule has 1 aliphatic heterocycles. The minimum Gasteiger partial charge on any atom is -0.459 e. The average molecular weight is 397 g/mol. The summed E-state index contributed by atoms with van der Waals surface area (Å²) in [5, 5.41) is 20.0. The zero-order valence-electron chi connectivity index (χ0n) is 18.1. The van der Waals surface area contributed by atoms with E-state index in [9.17, 15) is 15.0 Å². The van der Waals surface area contributed by atoms with E-state index in [4.69, 9.17) is 4.74 Å². The number of rotatable bonds is 2. The second-order valence-corrected chi connectivity index (χ2v) is 8.61. The van der Waals surface area contributed by atoms with E-state index in [1.165, 1.54) is 70.3 Å². The SMILES string of the molecule is C[C@@H](O)C[C@@H]1C[C@H](O)CCCCCCCCCCCCCCC/C=C/C(=O)O1. The fourth-order valence-electron chi connectivity index (χ4n) is 3.96. The molecule has 28 heavy (non-hydrogen) atoms. The maximum Gasteiger partial charge on any atom is 0.330 e. The number of carbonyl (C=O) groups excluding carboxylic acids is 1. The number of allylic oxidation sites excluding steroid dienone is 1. The third-order valence-corrected chi connectivity index (χ3v) is 5.58. The van der Waals surface area contributed by atoms with Gasteiger partial charge in [0.15, 0.2) is 0 Å². The molecule has 164 valence electrons. The summed E-state index contributed by atoms with van der Waals surface area (Å²) in [4.78, 5) is 12.1. The van der Waals surface area contributed by atoms with Crippen LogP contribution in [0.15, 0.2) is 12.2 Å². The molecule has 3 atom stereocenters. The van der Waals surface area contributed by atoms with Crippen molar-refractivity contribution >= 4 is 5.97 Å². The lowest BCUT2D eigenvalue weighted by molar-refractivity contribution is -0.145. The van der Waals surface area contributed by atoms with E-state index in [2.05, 4.69) is 0 Å². The van der Waals surface area contributed by atoms with Crippen molar-refractivity contribution in [3.8, 4) is 0 Å². The first kappa shape index (κ1) is 25.2. The largest absolute Gasteiger partial charge is 0.459 e. The maximum absolute atomic E-state index is 12.1. The van der Waals surface area contributed by atoms with Gasteiger partial charge in [0, 0.05) is 18.9 Å². The Balaban J connectivity index is 2.47. The van der Waals surface area contributed by atoms with Gasteiger partial charge in [0.25, 0.3) is 0 Å². The molecule has 0 saturated carbocycles. The van der Waals surface area contributed by atoms with Gasteiger partial charge in [0.2, 0.25) is 0 Å². The van der Waals surface area contributed by atoms with Crippen LogP contribution >= 0.6 is 0 Å². The Morgan fingerprint density at radius 2 is 1.43 bits per heavy atom. The van der Waals surface area contributed by atoms with Gasteiger partial charge in [-0.1, -0.05) is 83.1 Å². The van der Waals surface area contributed by atoms with Gasteiger partial charge in [0.05, 0.1) is 12.2 Å². The van der Waals surface area contributed by atoms with Crippen molar-refractivity contribution in [2.75, 3.05) is 0 Å². The van der Waals surface area contributed by atoms with E-state index in [-0.39, 0.29) is 5.97 Å². The van der Waals surface area contributed by atoms with Crippen LogP contribution in [-0.2, 0) is 9.53 Å². The van der Waals surface area contributed by atoms with Gasteiger partial charge < -0.3 is 14.9 Å². The van der Waals surface area contributed by atoms with Crippen molar-refractivity contribution in [1.82, 2.24) is 0 Å². The molecule has 1 aliphatic rings. The molecule has 0 radical (unpaired) electrons. The average Bonchev–Trinajstić information content (AvgIpc) is 2.62. The lowest BCUT2D eigenvalue weighted by Crippen LogP contribution is -2.26. The normalized spacial score (nSPS) is 28.3. The van der Waals surface area contributed by atoms with Crippen LogP contribution in [0.2, 0.25) is 0 Å². The van der Waals surface area contributed by atoms with Gasteiger partial charge in [-0.25, -0.2) is 4.79 Å². The third-order valence-electron chi connectivity index (χ3n) is 5.58. The van der Waals surface area contributed by atoms with Crippen molar-refractivity contribution in [2.24, 2.45) is 0 Å². The zero-order chi connectivity index (χ0) is 20.5. The first-order chi connectivity index (χ1) is 13.6. The molecule has 0 spiro atoms. The van der Waals surface area contributed by atoms with Crippen LogP contribution in [0.4, 0.5) is 0 Å². The number of ether oxygens (including phenoxy) is 1. The molecule has 1 rings (SSSR count). The minimum atomic E-state index is -0.549. The van der Waals surface area contributed by atoms with Crippen LogP contribution in [0, 0.1) is 0 Å². The van der Waals surface area contributed by atoms with E-state index in [0.29, 0.717) is 12.8 Å². The molecule has 0 aromatic heterocycles. The molecule has 2 N–H and O–H groups in total. The van der Waals surface area contributed by atoms with E-state index in [0.717, 1.165) is 32.1 Å². The summed E-state index contributed by atoms with van der Waals surface area (Å²) < 4.78 is 5.50. The standard InChI is InChI=1S/C24H44O4/c1-21(25)19-23-20-22(26)17-15-13-11-9-7-5-3-2-4-6-8-10-12-14-16-18-24(27)28-23/h16,18,21-23,25-26H,2-15,17,19-20H2,1H3/b18-16+/t21-,22-,23-/m1/s1. The van der Waals surface area contributed by atoms with E-state index in [1.807, 2.05) is 6.08 Å². The number of carbonyl (C=O) groups is 1. The van der Waals surface area contributed by atoms with E-state index >= 15 is 0 Å². The summed E-state index contributed by atoms with van der Waals surface area (Å²) in [6.45, 7) is 1.69. The molecule has 4 heteroatoms. The zero-order valence-corrected chi connectivity index (χ0v) is 18.1. The molecular formula is C24H44O4. The van der Waals surface area contributed by atoms with Crippen LogP contribution in [-0.4, -0.2) is 34.5 Å². The summed E-state index contributed by atoms with van der Waals surface area (Å²) in [7, 11) is 0. The van der Waals surface area contributed by atoms with Gasteiger partial charge in [-0.2, -0.15) is 0 Å². The number of aliphatic hydroxyl groups excluding tert-OH is 2. The molecule has 0 aromatic carbocycles. The smallest absolute Gasteiger partial charge is 0.330 e. The second kappa shape index (κ2) is 17.0. The fraction of sp³-hybridized carbons (Fsp3) is 0.875. The number of esters is 1. The third kappa shape index (κ3) is 15.1. The van der Waals surface area contributed by atoms with Crippen molar-refractivity contribution in [1.29, 1.82) is 0 Å². The molecule has 0 amide bonds. The summed E-state index contributed by atoms with van der Waals surface area (Å²) in [5.41, 5.74) is 0. The summed E-state index contributed by atoms with van der Waals surface area (Å²) in [5.74, 6) is -0.361. The molecule has 0 fully saturated rings. The molecule has 0 bridgehead atoms. The Labute approximate surface area is 172 Å². The van der Waals surface area contributed by atoms with E-state index in [1.54, 1.807) is 6.92 Å². The molecule has 1 heterocycles. The quantitative estimate of drug-likeness (QED) is 0.575. The predicted octanol–water partition coefficient (Wildman–Crippen LogP) is 5.84. The van der Waals surface area contributed by atoms with Crippen molar-refractivity contribution < 1.29 is 19.7 Å². The Morgan fingerprint density at radius 3 is 1.96 bits per heavy atom. The minimum absolute atomic E-state index is 0.361. The highest BCUT2D eigenvalue weighted by Crippen LogP contribution is 2.17. The van der Waals surface area contributed by atoms with Gasteiger partial charge in [0.1, 0.15) is 6.10 Å². The Hall–Kier alpha value is -0.870. The maximum atomic E-state index is 12.1. The van der Waals surface area contributed by atoms with Crippen molar-refractivity contribution in [2.45, 2.75) is 134 Å². The molecule has 0 unspecified atom stereocenters. The Morgan fingerprint density at radius 1 is 0.929 bits per heavy atom. The van der Waals surface area contributed by atoms with Crippen LogP contribution in [0.5, 0.6) is 0 Å². The summed E-state index contributed by atoms with van der Waals surface area (Å²) >= 11 is 0. The Kier molecular flexibility index (Phi) is 15.3. The van der Waals surface area contributed by atoms with Gasteiger partial charge in [-0.15, -0.1) is 0 Å². The topological polar surface area (TPSA) is 66.8 Å². The number of hydrogen-bond acceptors (Lipinski definition) is 4. The van der Waals surface area contributed by atoms with Crippen LogP contribution < -0.4 is 0 Å². The first-order valence-electron chi connectivity index (χ1n) is 11.8. The number of hydrogen-bond donors (Lipinski definition) is 2. The van der Waals surface area contributed by atoms with Crippen LogP contribution in [0.1, 0.15) is 116 Å². The molecule has 0 aliphatic carbocycles. The highest BCUT2D eigenvalue weighted by Gasteiger charge is 2.19. The number of aliphatic hydroxyl groups is 2. The fourth-order valence-corrected chi connectivity index (χ4v) is 3.96. The molecular weight excluding hydrogens is 352 g/mol. The highest BCUT2D eigenvalue weighted by molar-refractivity contribution is 5.82.